The quantitative estimate of drug-likeness (QED) is 0.768. The first-order valence-electron chi connectivity index (χ1n) is 8.52. The van der Waals surface area contributed by atoms with Crippen LogP contribution in [0.4, 0.5) is 0 Å². The van der Waals surface area contributed by atoms with Gasteiger partial charge in [0.05, 0.1) is 5.75 Å². The van der Waals surface area contributed by atoms with Gasteiger partial charge in [-0.05, 0) is 45.3 Å². The lowest BCUT2D eigenvalue weighted by atomic mass is 10.0. The summed E-state index contributed by atoms with van der Waals surface area (Å²) in [4.78, 5) is 2.37. The summed E-state index contributed by atoms with van der Waals surface area (Å²) in [6, 6.07) is 0.803. The molecule has 21 heavy (non-hydrogen) atoms. The molecule has 0 aromatic carbocycles. The van der Waals surface area contributed by atoms with E-state index in [4.69, 9.17) is 0 Å². The fourth-order valence-electron chi connectivity index (χ4n) is 3.59. The molecule has 0 aliphatic carbocycles. The minimum atomic E-state index is -3.08. The Hall–Kier alpha value is -0.170. The molecule has 2 fully saturated rings. The summed E-state index contributed by atoms with van der Waals surface area (Å²) in [6.07, 6.45) is 5.31. The van der Waals surface area contributed by atoms with E-state index in [9.17, 15) is 8.42 Å². The van der Waals surface area contributed by atoms with E-state index in [0.717, 1.165) is 38.9 Å². The maximum atomic E-state index is 12.5. The second-order valence-corrected chi connectivity index (χ2v) is 8.36. The van der Waals surface area contributed by atoms with E-state index < -0.39 is 10.0 Å². The van der Waals surface area contributed by atoms with Gasteiger partial charge in [0.15, 0.2) is 0 Å². The Morgan fingerprint density at radius 3 is 2.57 bits per heavy atom. The number of likely N-dealkylation sites (N-methyl/N-ethyl adjacent to an activating group) is 1. The Bertz CT molecular complexity index is 403. The fraction of sp³-hybridized carbons (Fsp3) is 1.00. The molecule has 2 heterocycles. The van der Waals surface area contributed by atoms with Gasteiger partial charge >= 0.3 is 0 Å². The lowest BCUT2D eigenvalue weighted by molar-refractivity contribution is 0.224. The highest BCUT2D eigenvalue weighted by molar-refractivity contribution is 7.89. The molecule has 6 heteroatoms. The first-order chi connectivity index (χ1) is 10.1. The van der Waals surface area contributed by atoms with E-state index in [1.807, 2.05) is 0 Å². The van der Waals surface area contributed by atoms with Crippen LogP contribution in [-0.4, -0.2) is 68.2 Å². The zero-order valence-corrected chi connectivity index (χ0v) is 14.4. The Morgan fingerprint density at radius 2 is 1.95 bits per heavy atom. The fourth-order valence-corrected chi connectivity index (χ4v) is 5.22. The third kappa shape index (κ3) is 4.65. The summed E-state index contributed by atoms with van der Waals surface area (Å²) in [5.41, 5.74) is 0. The summed E-state index contributed by atoms with van der Waals surface area (Å²) in [6.45, 7) is 8.72. The van der Waals surface area contributed by atoms with Crippen LogP contribution < -0.4 is 5.32 Å². The van der Waals surface area contributed by atoms with Crippen molar-refractivity contribution in [3.05, 3.63) is 0 Å². The Morgan fingerprint density at radius 1 is 1.19 bits per heavy atom. The van der Waals surface area contributed by atoms with Crippen LogP contribution in [0.25, 0.3) is 0 Å². The number of nitrogens with zero attached hydrogens (tertiary/aromatic N) is 2. The van der Waals surface area contributed by atoms with E-state index >= 15 is 0 Å². The van der Waals surface area contributed by atoms with Crippen molar-refractivity contribution in [3.63, 3.8) is 0 Å². The van der Waals surface area contributed by atoms with E-state index in [1.165, 1.54) is 12.8 Å². The van der Waals surface area contributed by atoms with E-state index in [-0.39, 0.29) is 0 Å². The van der Waals surface area contributed by atoms with Crippen LogP contribution in [0.5, 0.6) is 0 Å². The summed E-state index contributed by atoms with van der Waals surface area (Å²) in [5.74, 6) is 0.301. The Labute approximate surface area is 130 Å². The number of piperidine rings is 1. The monoisotopic (exact) mass is 317 g/mol. The van der Waals surface area contributed by atoms with Gasteiger partial charge in [-0.2, -0.15) is 0 Å². The zero-order valence-electron chi connectivity index (χ0n) is 13.6. The summed E-state index contributed by atoms with van der Waals surface area (Å²) < 4.78 is 26.7. The lowest BCUT2D eigenvalue weighted by Crippen LogP contribution is -2.40. The standard InChI is InChI=1S/C15H31N3O2S/c1-3-17(4-2)15-8-11-18(13-15)21(19,20)12-9-14-7-5-6-10-16-14/h14-16H,3-13H2,1-2H3. The second kappa shape index (κ2) is 7.90. The normalized spacial score (nSPS) is 28.3. The van der Waals surface area contributed by atoms with Crippen molar-refractivity contribution in [2.45, 2.75) is 58.0 Å². The van der Waals surface area contributed by atoms with E-state index in [0.29, 0.717) is 30.9 Å². The van der Waals surface area contributed by atoms with Crippen molar-refractivity contribution >= 4 is 10.0 Å². The van der Waals surface area contributed by atoms with Gasteiger partial charge < -0.3 is 5.32 Å². The molecule has 2 aliphatic rings. The summed E-state index contributed by atoms with van der Waals surface area (Å²) >= 11 is 0. The van der Waals surface area contributed by atoms with Crippen LogP contribution in [-0.2, 0) is 10.0 Å². The molecule has 2 saturated heterocycles. The topological polar surface area (TPSA) is 52.7 Å². The number of hydrogen-bond donors (Lipinski definition) is 1. The average Bonchev–Trinajstić information content (AvgIpc) is 2.98. The lowest BCUT2D eigenvalue weighted by Gasteiger charge is -2.27. The molecule has 2 atom stereocenters. The summed E-state index contributed by atoms with van der Waals surface area (Å²) in [5, 5.41) is 3.44. The zero-order chi connectivity index (χ0) is 15.3. The van der Waals surface area contributed by atoms with Gasteiger partial charge in [-0.25, -0.2) is 12.7 Å². The van der Waals surface area contributed by atoms with Gasteiger partial charge in [-0.3, -0.25) is 4.90 Å². The molecule has 0 bridgehead atoms. The van der Waals surface area contributed by atoms with Crippen LogP contribution in [0.3, 0.4) is 0 Å². The van der Waals surface area contributed by atoms with Crippen molar-refractivity contribution in [3.8, 4) is 0 Å². The molecule has 1 N–H and O–H groups in total. The van der Waals surface area contributed by atoms with E-state index in [2.05, 4.69) is 24.1 Å². The molecular formula is C15H31N3O2S. The van der Waals surface area contributed by atoms with Gasteiger partial charge in [0, 0.05) is 25.2 Å². The van der Waals surface area contributed by atoms with Crippen LogP contribution in [0.2, 0.25) is 0 Å². The highest BCUT2D eigenvalue weighted by Crippen LogP contribution is 2.20. The first kappa shape index (κ1) is 17.2. The van der Waals surface area contributed by atoms with Crippen molar-refractivity contribution in [2.24, 2.45) is 0 Å². The minimum absolute atomic E-state index is 0.301. The number of hydrogen-bond acceptors (Lipinski definition) is 4. The molecule has 2 aliphatic heterocycles. The first-order valence-corrected chi connectivity index (χ1v) is 10.1. The van der Waals surface area contributed by atoms with Gasteiger partial charge in [-0.15, -0.1) is 0 Å². The highest BCUT2D eigenvalue weighted by atomic mass is 32.2. The van der Waals surface area contributed by atoms with Gasteiger partial charge in [0.25, 0.3) is 0 Å². The smallest absolute Gasteiger partial charge is 0.214 e. The van der Waals surface area contributed by atoms with Crippen molar-refractivity contribution < 1.29 is 8.42 Å². The largest absolute Gasteiger partial charge is 0.314 e. The van der Waals surface area contributed by atoms with Crippen LogP contribution in [0.1, 0.15) is 46.0 Å². The molecule has 0 saturated carbocycles. The molecule has 5 nitrogen and oxygen atoms in total. The van der Waals surface area contributed by atoms with Crippen LogP contribution >= 0.6 is 0 Å². The minimum Gasteiger partial charge on any atom is -0.314 e. The molecule has 0 aromatic heterocycles. The Balaban J connectivity index is 1.82. The molecular weight excluding hydrogens is 286 g/mol. The molecule has 0 amide bonds. The molecule has 0 spiro atoms. The van der Waals surface area contributed by atoms with Crippen LogP contribution in [0.15, 0.2) is 0 Å². The summed E-state index contributed by atoms with van der Waals surface area (Å²) in [7, 11) is -3.08. The Kier molecular flexibility index (Phi) is 6.47. The predicted molar refractivity (Wildman–Crippen MR) is 86.9 cm³/mol. The van der Waals surface area contributed by atoms with E-state index in [1.54, 1.807) is 4.31 Å². The van der Waals surface area contributed by atoms with Gasteiger partial charge in [0.1, 0.15) is 0 Å². The molecule has 0 radical (unpaired) electrons. The van der Waals surface area contributed by atoms with Crippen molar-refractivity contribution in [1.82, 2.24) is 14.5 Å². The van der Waals surface area contributed by atoms with Crippen LogP contribution in [0, 0.1) is 0 Å². The molecule has 2 unspecified atom stereocenters. The number of nitrogens with one attached hydrogen (secondary N) is 1. The number of rotatable bonds is 7. The maximum absolute atomic E-state index is 12.5. The molecule has 124 valence electrons. The second-order valence-electron chi connectivity index (χ2n) is 6.27. The van der Waals surface area contributed by atoms with Gasteiger partial charge in [0.2, 0.25) is 10.0 Å². The van der Waals surface area contributed by atoms with Crippen molar-refractivity contribution in [1.29, 1.82) is 0 Å². The molecule has 2 rings (SSSR count). The SMILES string of the molecule is CCN(CC)C1CCN(S(=O)(=O)CCC2CCCCN2)C1. The third-order valence-corrected chi connectivity index (χ3v) is 6.85. The average molecular weight is 317 g/mol. The van der Waals surface area contributed by atoms with Gasteiger partial charge in [-0.1, -0.05) is 20.3 Å². The predicted octanol–water partition coefficient (Wildman–Crippen LogP) is 1.26. The molecule has 0 aromatic rings. The number of sulfonamides is 1. The maximum Gasteiger partial charge on any atom is 0.214 e. The highest BCUT2D eigenvalue weighted by Gasteiger charge is 2.33. The third-order valence-electron chi connectivity index (χ3n) is 4.98. The van der Waals surface area contributed by atoms with Crippen molar-refractivity contribution in [2.75, 3.05) is 38.5 Å².